The van der Waals surface area contributed by atoms with E-state index in [1.54, 1.807) is 6.08 Å². The molecule has 0 fully saturated rings. The molecule has 1 amide bonds. The first-order chi connectivity index (χ1) is 15.4. The highest BCUT2D eigenvalue weighted by Gasteiger charge is 2.35. The standard InChI is InChI=1S/C24H26ClN5OS/c1-4-5-6-7-8-21-28-30-22(26)20(23(31)27-24(30)32-21)14-17-13-15(2)29(16(17)3)19-11-9-18(25)10-12-19/h9-14,26H,4-8H2,1-3H3/b20-14+,26-22?. The van der Waals surface area contributed by atoms with Crippen molar-refractivity contribution >= 4 is 51.4 Å². The van der Waals surface area contributed by atoms with E-state index in [-0.39, 0.29) is 11.4 Å². The Morgan fingerprint density at radius 3 is 2.62 bits per heavy atom. The average Bonchev–Trinajstić information content (AvgIpc) is 3.29. The van der Waals surface area contributed by atoms with Crippen LogP contribution in [0.5, 0.6) is 0 Å². The molecule has 0 radical (unpaired) electrons. The third-order valence-electron chi connectivity index (χ3n) is 5.60. The van der Waals surface area contributed by atoms with E-state index >= 15 is 0 Å². The fourth-order valence-electron chi connectivity index (χ4n) is 3.91. The molecule has 32 heavy (non-hydrogen) atoms. The summed E-state index contributed by atoms with van der Waals surface area (Å²) in [7, 11) is 0. The van der Waals surface area contributed by atoms with Gasteiger partial charge in [-0.25, -0.2) is 0 Å². The Labute approximate surface area is 197 Å². The van der Waals surface area contributed by atoms with Crippen molar-refractivity contribution in [2.24, 2.45) is 10.1 Å². The van der Waals surface area contributed by atoms with Gasteiger partial charge in [-0.2, -0.15) is 15.1 Å². The number of thioether (sulfide) groups is 1. The van der Waals surface area contributed by atoms with E-state index in [1.807, 2.05) is 44.2 Å². The van der Waals surface area contributed by atoms with Gasteiger partial charge >= 0.3 is 0 Å². The predicted molar refractivity (Wildman–Crippen MR) is 134 cm³/mol. The van der Waals surface area contributed by atoms with Crippen LogP contribution in [0.15, 0.2) is 46.0 Å². The van der Waals surface area contributed by atoms with Gasteiger partial charge in [-0.05, 0) is 80.4 Å². The fourth-order valence-corrected chi connectivity index (χ4v) is 4.97. The van der Waals surface area contributed by atoms with Crippen LogP contribution in [0.2, 0.25) is 5.02 Å². The summed E-state index contributed by atoms with van der Waals surface area (Å²) in [6.07, 6.45) is 7.21. The maximum atomic E-state index is 12.8. The normalized spacial score (nSPS) is 17.1. The summed E-state index contributed by atoms with van der Waals surface area (Å²) in [4.78, 5) is 17.0. The van der Waals surface area contributed by atoms with Crippen molar-refractivity contribution in [1.82, 2.24) is 9.58 Å². The number of nitrogens with one attached hydrogen (secondary N) is 1. The second kappa shape index (κ2) is 9.46. The van der Waals surface area contributed by atoms with Gasteiger partial charge < -0.3 is 4.57 Å². The number of aliphatic imine (C=N–C) groups is 1. The summed E-state index contributed by atoms with van der Waals surface area (Å²) in [6, 6.07) is 9.64. The first kappa shape index (κ1) is 22.6. The van der Waals surface area contributed by atoms with Gasteiger partial charge in [0.2, 0.25) is 5.17 Å². The van der Waals surface area contributed by atoms with Crippen molar-refractivity contribution in [3.8, 4) is 5.69 Å². The van der Waals surface area contributed by atoms with Crippen molar-refractivity contribution in [1.29, 1.82) is 5.41 Å². The number of hydrogen-bond acceptors (Lipinski definition) is 4. The highest BCUT2D eigenvalue weighted by molar-refractivity contribution is 8.26. The molecule has 1 aromatic carbocycles. The SMILES string of the molecule is CCCCCCC1=NN2C(=N)/C(=C\c3cc(C)n(-c4ccc(Cl)cc4)c3C)C(=O)N=C2S1. The van der Waals surface area contributed by atoms with Crippen LogP contribution in [0.1, 0.15) is 56.0 Å². The van der Waals surface area contributed by atoms with Crippen molar-refractivity contribution in [2.45, 2.75) is 52.9 Å². The molecule has 2 aliphatic rings. The Balaban J connectivity index is 1.60. The van der Waals surface area contributed by atoms with Crippen LogP contribution >= 0.6 is 23.4 Å². The maximum absolute atomic E-state index is 12.8. The number of aromatic nitrogens is 1. The molecule has 3 heterocycles. The molecule has 0 atom stereocenters. The predicted octanol–water partition coefficient (Wildman–Crippen LogP) is 6.34. The summed E-state index contributed by atoms with van der Waals surface area (Å²) in [5.41, 5.74) is 4.12. The summed E-state index contributed by atoms with van der Waals surface area (Å²) in [5, 5.41) is 16.8. The smallest absolute Gasteiger partial charge is 0.283 e. The summed E-state index contributed by atoms with van der Waals surface area (Å²) in [5.74, 6) is -0.320. The Kier molecular flexibility index (Phi) is 6.67. The monoisotopic (exact) mass is 467 g/mol. The number of amides is 1. The van der Waals surface area contributed by atoms with Gasteiger partial charge in [-0.1, -0.05) is 37.8 Å². The van der Waals surface area contributed by atoms with Crippen molar-refractivity contribution < 1.29 is 4.79 Å². The van der Waals surface area contributed by atoms with Crippen LogP contribution in [0.4, 0.5) is 0 Å². The highest BCUT2D eigenvalue weighted by Crippen LogP contribution is 2.31. The molecule has 4 rings (SSSR count). The Morgan fingerprint density at radius 1 is 1.16 bits per heavy atom. The lowest BCUT2D eigenvalue weighted by molar-refractivity contribution is -0.114. The number of benzene rings is 1. The minimum absolute atomic E-state index is 0.0763. The molecule has 0 saturated carbocycles. The minimum Gasteiger partial charge on any atom is -0.318 e. The minimum atomic E-state index is -0.396. The lowest BCUT2D eigenvalue weighted by Gasteiger charge is -2.20. The number of amidine groups is 2. The zero-order chi connectivity index (χ0) is 22.8. The number of carbonyl (C=O) groups is 1. The van der Waals surface area contributed by atoms with Crippen molar-refractivity contribution in [3.63, 3.8) is 0 Å². The third kappa shape index (κ3) is 4.45. The van der Waals surface area contributed by atoms with Gasteiger partial charge in [-0.3, -0.25) is 10.2 Å². The number of carbonyl (C=O) groups excluding carboxylic acids is 1. The Hall–Kier alpha value is -2.64. The first-order valence-electron chi connectivity index (χ1n) is 10.8. The number of fused-ring (bicyclic) bond motifs is 1. The molecule has 2 aromatic rings. The summed E-state index contributed by atoms with van der Waals surface area (Å²) < 4.78 is 2.10. The first-order valence-corrected chi connectivity index (χ1v) is 12.0. The lowest BCUT2D eigenvalue weighted by atomic mass is 10.1. The zero-order valence-corrected chi connectivity index (χ0v) is 20.1. The van der Waals surface area contributed by atoms with Crippen LogP contribution in [0.3, 0.4) is 0 Å². The van der Waals surface area contributed by atoms with Gasteiger partial charge in [0.25, 0.3) is 5.91 Å². The summed E-state index contributed by atoms with van der Waals surface area (Å²) >= 11 is 7.43. The topological polar surface area (TPSA) is 73.8 Å². The molecule has 2 aliphatic heterocycles. The number of rotatable bonds is 7. The molecule has 1 N–H and O–H groups in total. The molecule has 1 aromatic heterocycles. The van der Waals surface area contributed by atoms with Crippen LogP contribution in [-0.4, -0.2) is 31.5 Å². The van der Waals surface area contributed by atoms with Crippen molar-refractivity contribution in [3.05, 3.63) is 57.9 Å². The van der Waals surface area contributed by atoms with Gasteiger partial charge in [0.1, 0.15) is 5.04 Å². The quantitative estimate of drug-likeness (QED) is 0.381. The second-order valence-electron chi connectivity index (χ2n) is 7.96. The highest BCUT2D eigenvalue weighted by atomic mass is 35.5. The number of unbranched alkanes of at least 4 members (excludes halogenated alkanes) is 3. The third-order valence-corrected chi connectivity index (χ3v) is 6.82. The second-order valence-corrected chi connectivity index (χ2v) is 9.44. The van der Waals surface area contributed by atoms with E-state index < -0.39 is 5.91 Å². The molecular weight excluding hydrogens is 442 g/mol. The molecular formula is C24H26ClN5OS. The number of hydrazone groups is 1. The molecule has 6 nitrogen and oxygen atoms in total. The molecule has 8 heteroatoms. The largest absolute Gasteiger partial charge is 0.318 e. The molecule has 0 bridgehead atoms. The zero-order valence-electron chi connectivity index (χ0n) is 18.5. The van der Waals surface area contributed by atoms with E-state index in [9.17, 15) is 4.79 Å². The van der Waals surface area contributed by atoms with Gasteiger partial charge in [-0.15, -0.1) is 0 Å². The summed E-state index contributed by atoms with van der Waals surface area (Å²) in [6.45, 7) is 6.20. The Morgan fingerprint density at radius 2 is 1.91 bits per heavy atom. The van der Waals surface area contributed by atoms with Gasteiger partial charge in [0.15, 0.2) is 5.84 Å². The van der Waals surface area contributed by atoms with E-state index in [2.05, 4.69) is 21.6 Å². The van der Waals surface area contributed by atoms with Gasteiger partial charge in [0.05, 0.1) is 5.57 Å². The molecule has 166 valence electrons. The van der Waals surface area contributed by atoms with Crippen LogP contribution in [0.25, 0.3) is 11.8 Å². The number of aryl methyl sites for hydroxylation is 1. The maximum Gasteiger partial charge on any atom is 0.283 e. The molecule has 0 spiro atoms. The number of nitrogens with zero attached hydrogens (tertiary/aromatic N) is 4. The van der Waals surface area contributed by atoms with E-state index in [4.69, 9.17) is 17.0 Å². The Bertz CT molecular complexity index is 1160. The number of halogens is 1. The van der Waals surface area contributed by atoms with E-state index in [0.29, 0.717) is 10.2 Å². The van der Waals surface area contributed by atoms with Gasteiger partial charge in [0, 0.05) is 22.1 Å². The van der Waals surface area contributed by atoms with Crippen molar-refractivity contribution in [2.75, 3.05) is 0 Å². The van der Waals surface area contributed by atoms with Crippen LogP contribution in [0, 0.1) is 19.3 Å². The fraction of sp³-hybridized carbons (Fsp3) is 0.333. The van der Waals surface area contributed by atoms with E-state index in [1.165, 1.54) is 29.6 Å². The average molecular weight is 468 g/mol. The molecule has 0 saturated heterocycles. The van der Waals surface area contributed by atoms with E-state index in [0.717, 1.165) is 46.9 Å². The van der Waals surface area contributed by atoms with Crippen LogP contribution < -0.4 is 0 Å². The molecule has 0 aliphatic carbocycles. The number of hydrogen-bond donors (Lipinski definition) is 1. The lowest BCUT2D eigenvalue weighted by Crippen LogP contribution is -2.35. The van der Waals surface area contributed by atoms with Crippen LogP contribution in [-0.2, 0) is 4.79 Å². The molecule has 0 unspecified atom stereocenters.